The van der Waals surface area contributed by atoms with Gasteiger partial charge in [0.1, 0.15) is 11.4 Å². The lowest BCUT2D eigenvalue weighted by Crippen LogP contribution is -2.40. The van der Waals surface area contributed by atoms with Crippen LogP contribution in [0.15, 0.2) is 18.2 Å². The second-order valence-corrected chi connectivity index (χ2v) is 5.44. The number of likely N-dealkylation sites (N-methyl/N-ethyl adjacent to an activating group) is 1. The fourth-order valence-electron chi connectivity index (χ4n) is 2.03. The molecule has 0 saturated carbocycles. The quantitative estimate of drug-likeness (QED) is 0.842. The van der Waals surface area contributed by atoms with Gasteiger partial charge in [-0.3, -0.25) is 0 Å². The van der Waals surface area contributed by atoms with Crippen molar-refractivity contribution in [3.05, 3.63) is 23.8 Å². The van der Waals surface area contributed by atoms with Crippen LogP contribution in [-0.2, 0) is 6.42 Å². The predicted octanol–water partition coefficient (Wildman–Crippen LogP) is 2.42. The molecule has 2 rings (SSSR count). The van der Waals surface area contributed by atoms with E-state index >= 15 is 0 Å². The summed E-state index contributed by atoms with van der Waals surface area (Å²) in [4.78, 5) is 0. The van der Waals surface area contributed by atoms with Crippen LogP contribution < -0.4 is 15.4 Å². The highest BCUT2D eigenvalue weighted by molar-refractivity contribution is 5.60. The van der Waals surface area contributed by atoms with Crippen molar-refractivity contribution in [2.24, 2.45) is 0 Å². The van der Waals surface area contributed by atoms with Crippen LogP contribution in [0, 0.1) is 0 Å². The number of ether oxygens (including phenoxy) is 1. The smallest absolute Gasteiger partial charge is 0.143 e. The maximum Gasteiger partial charge on any atom is 0.143 e. The molecule has 3 heteroatoms. The summed E-state index contributed by atoms with van der Waals surface area (Å²) in [6, 6.07) is 6.91. The molecule has 1 atom stereocenters. The van der Waals surface area contributed by atoms with Crippen LogP contribution >= 0.6 is 0 Å². The highest BCUT2D eigenvalue weighted by Crippen LogP contribution is 2.33. The molecule has 1 unspecified atom stereocenters. The van der Waals surface area contributed by atoms with E-state index in [-0.39, 0.29) is 5.60 Å². The zero-order valence-electron chi connectivity index (χ0n) is 11.1. The summed E-state index contributed by atoms with van der Waals surface area (Å²) in [6.07, 6.45) is 1.04. The van der Waals surface area contributed by atoms with Gasteiger partial charge in [-0.1, -0.05) is 6.07 Å². The summed E-state index contributed by atoms with van der Waals surface area (Å²) >= 11 is 0. The van der Waals surface area contributed by atoms with Gasteiger partial charge < -0.3 is 15.4 Å². The number of benzene rings is 1. The van der Waals surface area contributed by atoms with E-state index in [0.717, 1.165) is 24.4 Å². The van der Waals surface area contributed by atoms with E-state index in [1.165, 1.54) is 5.56 Å². The van der Waals surface area contributed by atoms with Crippen molar-refractivity contribution in [2.75, 3.05) is 18.9 Å². The van der Waals surface area contributed by atoms with Crippen LogP contribution in [-0.4, -0.2) is 25.2 Å². The second kappa shape index (κ2) is 4.57. The maximum absolute atomic E-state index is 5.93. The molecule has 0 fully saturated rings. The number of rotatable bonds is 3. The maximum atomic E-state index is 5.93. The summed E-state index contributed by atoms with van der Waals surface area (Å²) in [6.45, 7) is 7.23. The second-order valence-electron chi connectivity index (χ2n) is 5.44. The summed E-state index contributed by atoms with van der Waals surface area (Å²) in [5.74, 6) is 0.960. The van der Waals surface area contributed by atoms with Gasteiger partial charge in [0, 0.05) is 6.04 Å². The van der Waals surface area contributed by atoms with Gasteiger partial charge in [0.25, 0.3) is 0 Å². The van der Waals surface area contributed by atoms with Gasteiger partial charge >= 0.3 is 0 Å². The van der Waals surface area contributed by atoms with E-state index in [1.54, 1.807) is 0 Å². The number of hydrogen-bond donors (Lipinski definition) is 2. The molecule has 0 spiro atoms. The summed E-state index contributed by atoms with van der Waals surface area (Å²) in [7, 11) is 1.99. The molecule has 3 nitrogen and oxygen atoms in total. The van der Waals surface area contributed by atoms with E-state index in [0.29, 0.717) is 6.04 Å². The van der Waals surface area contributed by atoms with Crippen molar-refractivity contribution in [2.45, 2.75) is 38.8 Å². The minimum Gasteiger partial charge on any atom is -0.484 e. The Bertz CT molecular complexity index is 401. The van der Waals surface area contributed by atoms with E-state index in [9.17, 15) is 0 Å². The van der Waals surface area contributed by atoms with Crippen LogP contribution in [0.3, 0.4) is 0 Å². The number of hydrogen-bond acceptors (Lipinski definition) is 3. The van der Waals surface area contributed by atoms with Gasteiger partial charge in [0.2, 0.25) is 0 Å². The normalized spacial score (nSPS) is 18.8. The van der Waals surface area contributed by atoms with Gasteiger partial charge in [-0.2, -0.15) is 0 Å². The first-order valence-corrected chi connectivity index (χ1v) is 6.23. The molecule has 1 aliphatic rings. The van der Waals surface area contributed by atoms with Crippen molar-refractivity contribution >= 4 is 5.69 Å². The lowest BCUT2D eigenvalue weighted by atomic mass is 10.0. The highest BCUT2D eigenvalue weighted by atomic mass is 16.5. The number of anilines is 1. The fourth-order valence-corrected chi connectivity index (χ4v) is 2.03. The molecule has 1 aromatic carbocycles. The Morgan fingerprint density at radius 1 is 1.47 bits per heavy atom. The standard InChI is InChI=1S/C14H22N2O/c1-10(15-4)7-11-5-6-13-12(8-11)16-9-14(2,3)17-13/h5-6,8,10,15-16H,7,9H2,1-4H3. The van der Waals surface area contributed by atoms with E-state index in [4.69, 9.17) is 4.74 Å². The molecule has 2 N–H and O–H groups in total. The van der Waals surface area contributed by atoms with Gasteiger partial charge in [-0.15, -0.1) is 0 Å². The third kappa shape index (κ3) is 2.91. The van der Waals surface area contributed by atoms with Crippen LogP contribution in [0.5, 0.6) is 5.75 Å². The minimum absolute atomic E-state index is 0.118. The summed E-state index contributed by atoms with van der Waals surface area (Å²) in [5.41, 5.74) is 2.33. The van der Waals surface area contributed by atoms with Gasteiger partial charge in [0.05, 0.1) is 12.2 Å². The minimum atomic E-state index is -0.118. The Balaban J connectivity index is 2.16. The average Bonchev–Trinajstić information content (AvgIpc) is 2.28. The number of nitrogens with one attached hydrogen (secondary N) is 2. The molecular formula is C14H22N2O. The molecule has 1 heterocycles. The number of fused-ring (bicyclic) bond motifs is 1. The lowest BCUT2D eigenvalue weighted by Gasteiger charge is -2.33. The molecule has 1 aliphatic heterocycles. The Morgan fingerprint density at radius 2 is 2.24 bits per heavy atom. The fraction of sp³-hybridized carbons (Fsp3) is 0.571. The molecule has 0 aliphatic carbocycles. The van der Waals surface area contributed by atoms with E-state index < -0.39 is 0 Å². The highest BCUT2D eigenvalue weighted by Gasteiger charge is 2.26. The molecule has 17 heavy (non-hydrogen) atoms. The largest absolute Gasteiger partial charge is 0.484 e. The predicted molar refractivity (Wildman–Crippen MR) is 71.9 cm³/mol. The molecular weight excluding hydrogens is 212 g/mol. The van der Waals surface area contributed by atoms with Crippen molar-refractivity contribution in [1.29, 1.82) is 0 Å². The molecule has 0 radical (unpaired) electrons. The summed E-state index contributed by atoms with van der Waals surface area (Å²) in [5, 5.41) is 6.69. The van der Waals surface area contributed by atoms with Crippen LogP contribution in [0.4, 0.5) is 5.69 Å². The molecule has 0 amide bonds. The van der Waals surface area contributed by atoms with E-state index in [2.05, 4.69) is 49.6 Å². The topological polar surface area (TPSA) is 33.3 Å². The van der Waals surface area contributed by atoms with Crippen molar-refractivity contribution in [3.63, 3.8) is 0 Å². The zero-order chi connectivity index (χ0) is 12.5. The van der Waals surface area contributed by atoms with Crippen molar-refractivity contribution < 1.29 is 4.74 Å². The summed E-state index contributed by atoms with van der Waals surface area (Å²) < 4.78 is 5.93. The van der Waals surface area contributed by atoms with Crippen molar-refractivity contribution in [1.82, 2.24) is 5.32 Å². The molecule has 0 bridgehead atoms. The third-order valence-corrected chi connectivity index (χ3v) is 3.17. The molecule has 0 aromatic heterocycles. The van der Waals surface area contributed by atoms with Crippen LogP contribution in [0.1, 0.15) is 26.3 Å². The van der Waals surface area contributed by atoms with Crippen molar-refractivity contribution in [3.8, 4) is 5.75 Å². The Kier molecular flexibility index (Phi) is 3.29. The SMILES string of the molecule is CNC(C)Cc1ccc2c(c1)NCC(C)(C)O2. The van der Waals surface area contributed by atoms with E-state index in [1.807, 2.05) is 7.05 Å². The first kappa shape index (κ1) is 12.2. The third-order valence-electron chi connectivity index (χ3n) is 3.17. The van der Waals surface area contributed by atoms with Gasteiger partial charge in [-0.05, 0) is 51.9 Å². The Labute approximate surface area is 104 Å². The first-order chi connectivity index (χ1) is 8.00. The molecule has 0 saturated heterocycles. The first-order valence-electron chi connectivity index (χ1n) is 6.23. The zero-order valence-corrected chi connectivity index (χ0v) is 11.1. The Morgan fingerprint density at radius 3 is 2.94 bits per heavy atom. The van der Waals surface area contributed by atoms with Gasteiger partial charge in [0.15, 0.2) is 0 Å². The lowest BCUT2D eigenvalue weighted by molar-refractivity contribution is 0.116. The van der Waals surface area contributed by atoms with Crippen LogP contribution in [0.25, 0.3) is 0 Å². The Hall–Kier alpha value is -1.22. The molecule has 1 aromatic rings. The van der Waals surface area contributed by atoms with Crippen LogP contribution in [0.2, 0.25) is 0 Å². The monoisotopic (exact) mass is 234 g/mol. The molecule has 94 valence electrons. The van der Waals surface area contributed by atoms with Gasteiger partial charge in [-0.25, -0.2) is 0 Å². The average molecular weight is 234 g/mol.